The lowest BCUT2D eigenvalue weighted by Gasteiger charge is -2.07. The molecule has 0 atom stereocenters. The summed E-state index contributed by atoms with van der Waals surface area (Å²) in [6, 6.07) is 5.45. The van der Waals surface area contributed by atoms with Crippen molar-refractivity contribution in [3.63, 3.8) is 0 Å². The highest BCUT2D eigenvalue weighted by molar-refractivity contribution is 7.13. The standard InChI is InChI=1S/C12H10ClNO2S/c1-8-4-9(13)2-3-11(8)16-7-12-14-5-10(6-15)17-12/h2-6H,7H2,1H3. The maximum Gasteiger partial charge on any atom is 0.161 e. The molecule has 0 saturated heterocycles. The topological polar surface area (TPSA) is 39.2 Å². The summed E-state index contributed by atoms with van der Waals surface area (Å²) in [5, 5.41) is 1.47. The van der Waals surface area contributed by atoms with Crippen LogP contribution in [0.2, 0.25) is 5.02 Å². The molecular weight excluding hydrogens is 258 g/mol. The normalized spacial score (nSPS) is 10.2. The van der Waals surface area contributed by atoms with E-state index in [0.29, 0.717) is 16.5 Å². The van der Waals surface area contributed by atoms with Crippen LogP contribution in [0.5, 0.6) is 5.75 Å². The van der Waals surface area contributed by atoms with Gasteiger partial charge in [0.2, 0.25) is 0 Å². The van der Waals surface area contributed by atoms with E-state index in [9.17, 15) is 4.79 Å². The molecule has 0 bridgehead atoms. The third-order valence-corrected chi connectivity index (χ3v) is 3.31. The molecule has 3 nitrogen and oxygen atoms in total. The Hall–Kier alpha value is -1.39. The van der Waals surface area contributed by atoms with Gasteiger partial charge in [0.25, 0.3) is 0 Å². The van der Waals surface area contributed by atoms with Crippen LogP contribution in [0.4, 0.5) is 0 Å². The molecule has 5 heteroatoms. The Morgan fingerprint density at radius 1 is 1.53 bits per heavy atom. The van der Waals surface area contributed by atoms with Gasteiger partial charge in [-0.1, -0.05) is 11.6 Å². The van der Waals surface area contributed by atoms with E-state index in [0.717, 1.165) is 22.6 Å². The Balaban J connectivity index is 2.04. The molecule has 1 aromatic carbocycles. The Labute approximate surface area is 108 Å². The number of carbonyl (C=O) groups is 1. The lowest BCUT2D eigenvalue weighted by molar-refractivity contribution is 0.112. The van der Waals surface area contributed by atoms with Crippen LogP contribution in [0.1, 0.15) is 20.2 Å². The zero-order chi connectivity index (χ0) is 12.3. The zero-order valence-corrected chi connectivity index (χ0v) is 10.7. The van der Waals surface area contributed by atoms with Crippen molar-refractivity contribution in [3.8, 4) is 5.75 Å². The number of hydrogen-bond donors (Lipinski definition) is 0. The second-order valence-corrected chi connectivity index (χ2v) is 5.06. The second kappa shape index (κ2) is 5.29. The number of hydrogen-bond acceptors (Lipinski definition) is 4. The fourth-order valence-corrected chi connectivity index (χ4v) is 2.24. The molecule has 0 saturated carbocycles. The molecule has 88 valence electrons. The van der Waals surface area contributed by atoms with Crippen molar-refractivity contribution in [1.82, 2.24) is 4.98 Å². The van der Waals surface area contributed by atoms with Crippen molar-refractivity contribution in [2.24, 2.45) is 0 Å². The minimum atomic E-state index is 0.362. The Bertz CT molecular complexity index is 539. The van der Waals surface area contributed by atoms with Crippen LogP contribution in [0, 0.1) is 6.92 Å². The maximum absolute atomic E-state index is 10.5. The van der Waals surface area contributed by atoms with Gasteiger partial charge in [-0.25, -0.2) is 4.98 Å². The fourth-order valence-electron chi connectivity index (χ4n) is 1.36. The summed E-state index contributed by atoms with van der Waals surface area (Å²) >= 11 is 7.18. The van der Waals surface area contributed by atoms with Gasteiger partial charge < -0.3 is 4.74 Å². The van der Waals surface area contributed by atoms with E-state index in [1.165, 1.54) is 11.3 Å². The minimum absolute atomic E-state index is 0.362. The van der Waals surface area contributed by atoms with Gasteiger partial charge in [-0.3, -0.25) is 4.79 Å². The van der Waals surface area contributed by atoms with Gasteiger partial charge in [0.05, 0.1) is 4.88 Å². The molecule has 0 amide bonds. The van der Waals surface area contributed by atoms with Gasteiger partial charge in [-0.15, -0.1) is 11.3 Å². The van der Waals surface area contributed by atoms with Gasteiger partial charge in [0.15, 0.2) is 6.29 Å². The molecule has 0 N–H and O–H groups in total. The Morgan fingerprint density at radius 3 is 3.00 bits per heavy atom. The molecule has 0 aliphatic rings. The molecule has 1 heterocycles. The van der Waals surface area contributed by atoms with Crippen LogP contribution in [-0.4, -0.2) is 11.3 Å². The van der Waals surface area contributed by atoms with E-state index in [-0.39, 0.29) is 0 Å². The highest BCUT2D eigenvalue weighted by Crippen LogP contribution is 2.23. The fraction of sp³-hybridized carbons (Fsp3) is 0.167. The van der Waals surface area contributed by atoms with Crippen LogP contribution >= 0.6 is 22.9 Å². The molecular formula is C12H10ClNO2S. The average molecular weight is 268 g/mol. The third kappa shape index (κ3) is 3.05. The number of carbonyl (C=O) groups excluding carboxylic acids is 1. The molecule has 0 aliphatic heterocycles. The Morgan fingerprint density at radius 2 is 2.35 bits per heavy atom. The highest BCUT2D eigenvalue weighted by atomic mass is 35.5. The van der Waals surface area contributed by atoms with Gasteiger partial charge in [-0.2, -0.15) is 0 Å². The zero-order valence-electron chi connectivity index (χ0n) is 9.14. The number of halogens is 1. The van der Waals surface area contributed by atoms with Gasteiger partial charge >= 0.3 is 0 Å². The van der Waals surface area contributed by atoms with E-state index in [1.807, 2.05) is 19.1 Å². The van der Waals surface area contributed by atoms with Gasteiger partial charge in [0, 0.05) is 11.2 Å². The van der Waals surface area contributed by atoms with Crippen molar-refractivity contribution >= 4 is 29.2 Å². The average Bonchev–Trinajstić information content (AvgIpc) is 2.76. The van der Waals surface area contributed by atoms with Crippen LogP contribution in [-0.2, 0) is 6.61 Å². The van der Waals surface area contributed by atoms with Crippen molar-refractivity contribution in [3.05, 3.63) is 44.9 Å². The SMILES string of the molecule is Cc1cc(Cl)ccc1OCc1ncc(C=O)s1. The van der Waals surface area contributed by atoms with Crippen molar-refractivity contribution in [2.45, 2.75) is 13.5 Å². The van der Waals surface area contributed by atoms with Crippen molar-refractivity contribution in [2.75, 3.05) is 0 Å². The summed E-state index contributed by atoms with van der Waals surface area (Å²) in [4.78, 5) is 15.2. The summed E-state index contributed by atoms with van der Waals surface area (Å²) in [7, 11) is 0. The number of aldehydes is 1. The summed E-state index contributed by atoms with van der Waals surface area (Å²) in [5.41, 5.74) is 0.977. The molecule has 0 spiro atoms. The summed E-state index contributed by atoms with van der Waals surface area (Å²) in [6.07, 6.45) is 2.33. The predicted molar refractivity (Wildman–Crippen MR) is 68.0 cm³/mol. The number of rotatable bonds is 4. The van der Waals surface area contributed by atoms with E-state index in [1.54, 1.807) is 12.3 Å². The molecule has 2 rings (SSSR count). The smallest absolute Gasteiger partial charge is 0.161 e. The van der Waals surface area contributed by atoms with Gasteiger partial charge in [0.1, 0.15) is 17.4 Å². The molecule has 0 radical (unpaired) electrons. The highest BCUT2D eigenvalue weighted by Gasteiger charge is 2.04. The molecule has 1 aromatic heterocycles. The first-order valence-electron chi connectivity index (χ1n) is 4.98. The third-order valence-electron chi connectivity index (χ3n) is 2.18. The minimum Gasteiger partial charge on any atom is -0.486 e. The number of ether oxygens (including phenoxy) is 1. The van der Waals surface area contributed by atoms with Crippen LogP contribution < -0.4 is 4.74 Å². The summed E-state index contributed by atoms with van der Waals surface area (Å²) in [6.45, 7) is 2.29. The number of nitrogens with zero attached hydrogens (tertiary/aromatic N) is 1. The van der Waals surface area contributed by atoms with Crippen LogP contribution in [0.25, 0.3) is 0 Å². The number of aryl methyl sites for hydroxylation is 1. The molecule has 17 heavy (non-hydrogen) atoms. The van der Waals surface area contributed by atoms with Crippen molar-refractivity contribution in [1.29, 1.82) is 0 Å². The van der Waals surface area contributed by atoms with Gasteiger partial charge in [-0.05, 0) is 30.7 Å². The first-order chi connectivity index (χ1) is 8.19. The van der Waals surface area contributed by atoms with Crippen LogP contribution in [0.3, 0.4) is 0 Å². The molecule has 0 aliphatic carbocycles. The lowest BCUT2D eigenvalue weighted by atomic mass is 10.2. The van der Waals surface area contributed by atoms with E-state index < -0.39 is 0 Å². The van der Waals surface area contributed by atoms with Crippen LogP contribution in [0.15, 0.2) is 24.4 Å². The Kier molecular flexibility index (Phi) is 3.76. The molecule has 2 aromatic rings. The largest absolute Gasteiger partial charge is 0.486 e. The predicted octanol–water partition coefficient (Wildman–Crippen LogP) is 3.50. The number of benzene rings is 1. The van der Waals surface area contributed by atoms with E-state index in [4.69, 9.17) is 16.3 Å². The maximum atomic E-state index is 10.5. The summed E-state index contributed by atoms with van der Waals surface area (Å²) < 4.78 is 5.61. The number of aromatic nitrogens is 1. The first kappa shape index (κ1) is 12.1. The van der Waals surface area contributed by atoms with E-state index >= 15 is 0 Å². The quantitative estimate of drug-likeness (QED) is 0.796. The second-order valence-electron chi connectivity index (χ2n) is 3.47. The monoisotopic (exact) mass is 267 g/mol. The van der Waals surface area contributed by atoms with E-state index in [2.05, 4.69) is 4.98 Å². The summed E-state index contributed by atoms with van der Waals surface area (Å²) in [5.74, 6) is 0.775. The van der Waals surface area contributed by atoms with Crippen molar-refractivity contribution < 1.29 is 9.53 Å². The lowest BCUT2D eigenvalue weighted by Crippen LogP contribution is -1.96. The number of thiazole rings is 1. The first-order valence-corrected chi connectivity index (χ1v) is 6.17. The molecule has 0 fully saturated rings. The molecule has 0 unspecified atom stereocenters.